The lowest BCUT2D eigenvalue weighted by Gasteiger charge is -2.04. The Morgan fingerprint density at radius 1 is 1.05 bits per heavy atom. The Bertz CT molecular complexity index is 720. The van der Waals surface area contributed by atoms with Gasteiger partial charge in [-0.05, 0) is 16.7 Å². The average molecular weight is 273 g/mol. The highest BCUT2D eigenvalue weighted by Crippen LogP contribution is 2.21. The fourth-order valence-corrected chi connectivity index (χ4v) is 2.53. The quantitative estimate of drug-likeness (QED) is 0.787. The molecule has 0 aromatic heterocycles. The molecule has 2 nitrogen and oxygen atoms in total. The summed E-state index contributed by atoms with van der Waals surface area (Å²) >= 11 is 0. The standard InChI is InChI=1S/C19H15NO/c1-2-15-13-18(20-19(15)21)12-14-8-10-17(11-9-14)16-6-4-3-5-7-16/h1,3-11,15H,12-13H2/t15-/m1/s1. The maximum Gasteiger partial charge on any atom is 0.261 e. The fraction of sp³-hybridized carbons (Fsp3) is 0.158. The molecule has 0 bridgehead atoms. The van der Waals surface area contributed by atoms with Crippen molar-refractivity contribution < 1.29 is 4.79 Å². The summed E-state index contributed by atoms with van der Waals surface area (Å²) in [5.41, 5.74) is 4.42. The molecule has 2 aromatic rings. The van der Waals surface area contributed by atoms with Gasteiger partial charge in [0.25, 0.3) is 5.91 Å². The number of terminal acetylenes is 1. The van der Waals surface area contributed by atoms with Crippen molar-refractivity contribution in [3.63, 3.8) is 0 Å². The van der Waals surface area contributed by atoms with Gasteiger partial charge in [0.1, 0.15) is 5.92 Å². The zero-order valence-electron chi connectivity index (χ0n) is 11.6. The highest BCUT2D eigenvalue weighted by molar-refractivity contribution is 6.05. The van der Waals surface area contributed by atoms with Gasteiger partial charge in [-0.3, -0.25) is 4.79 Å². The number of aliphatic imine (C=N–C) groups is 1. The molecule has 0 radical (unpaired) electrons. The lowest BCUT2D eigenvalue weighted by molar-refractivity contribution is -0.119. The van der Waals surface area contributed by atoms with Crippen molar-refractivity contribution in [1.82, 2.24) is 0 Å². The smallest absolute Gasteiger partial charge is 0.261 e. The van der Waals surface area contributed by atoms with Crippen LogP contribution in [0.4, 0.5) is 0 Å². The largest absolute Gasteiger partial charge is 0.271 e. The minimum absolute atomic E-state index is 0.173. The van der Waals surface area contributed by atoms with E-state index in [2.05, 4.69) is 47.3 Å². The van der Waals surface area contributed by atoms with Gasteiger partial charge >= 0.3 is 0 Å². The van der Waals surface area contributed by atoms with Gasteiger partial charge in [-0.25, -0.2) is 4.99 Å². The summed E-state index contributed by atoms with van der Waals surface area (Å²) in [6.07, 6.45) is 6.61. The number of carbonyl (C=O) groups is 1. The molecule has 0 saturated heterocycles. The van der Waals surface area contributed by atoms with Crippen LogP contribution in [0.25, 0.3) is 11.1 Å². The molecule has 0 fully saturated rings. The second-order valence-corrected chi connectivity index (χ2v) is 5.18. The molecule has 1 aliphatic rings. The molecule has 0 unspecified atom stereocenters. The van der Waals surface area contributed by atoms with Crippen LogP contribution in [0.3, 0.4) is 0 Å². The fourth-order valence-electron chi connectivity index (χ4n) is 2.53. The predicted molar refractivity (Wildman–Crippen MR) is 85.0 cm³/mol. The van der Waals surface area contributed by atoms with Crippen molar-refractivity contribution in [3.8, 4) is 23.5 Å². The van der Waals surface area contributed by atoms with E-state index in [1.54, 1.807) is 0 Å². The number of amides is 1. The summed E-state index contributed by atoms with van der Waals surface area (Å²) in [5, 5.41) is 0. The SMILES string of the molecule is C#C[C@@H]1CC(Cc2ccc(-c3ccccc3)cc2)=NC1=O. The third-order valence-electron chi connectivity index (χ3n) is 3.68. The molecular weight excluding hydrogens is 258 g/mol. The van der Waals surface area contributed by atoms with Crippen molar-refractivity contribution in [2.45, 2.75) is 12.8 Å². The van der Waals surface area contributed by atoms with Gasteiger partial charge in [0, 0.05) is 18.6 Å². The zero-order valence-corrected chi connectivity index (χ0v) is 11.6. The third kappa shape index (κ3) is 2.93. The van der Waals surface area contributed by atoms with Gasteiger partial charge < -0.3 is 0 Å². The summed E-state index contributed by atoms with van der Waals surface area (Å²) in [7, 11) is 0. The summed E-state index contributed by atoms with van der Waals surface area (Å²) in [6.45, 7) is 0. The van der Waals surface area contributed by atoms with Gasteiger partial charge in [0.2, 0.25) is 0 Å². The van der Waals surface area contributed by atoms with E-state index in [0.717, 1.165) is 11.3 Å². The van der Waals surface area contributed by atoms with Crippen LogP contribution >= 0.6 is 0 Å². The van der Waals surface area contributed by atoms with Gasteiger partial charge in [0.05, 0.1) is 0 Å². The molecule has 1 amide bonds. The van der Waals surface area contributed by atoms with Crippen LogP contribution in [0.15, 0.2) is 59.6 Å². The van der Waals surface area contributed by atoms with Crippen LogP contribution in [-0.2, 0) is 11.2 Å². The number of nitrogens with zero attached hydrogens (tertiary/aromatic N) is 1. The van der Waals surface area contributed by atoms with Crippen molar-refractivity contribution in [2.75, 3.05) is 0 Å². The number of benzene rings is 2. The van der Waals surface area contributed by atoms with E-state index in [-0.39, 0.29) is 11.8 Å². The van der Waals surface area contributed by atoms with E-state index in [9.17, 15) is 4.79 Å². The molecule has 21 heavy (non-hydrogen) atoms. The van der Waals surface area contributed by atoms with Crippen molar-refractivity contribution >= 4 is 11.6 Å². The van der Waals surface area contributed by atoms with Gasteiger partial charge in [0.15, 0.2) is 0 Å². The molecule has 1 aliphatic heterocycles. The van der Waals surface area contributed by atoms with E-state index < -0.39 is 0 Å². The normalized spacial score (nSPS) is 17.4. The summed E-state index contributed by atoms with van der Waals surface area (Å²) in [4.78, 5) is 15.6. The number of hydrogen-bond acceptors (Lipinski definition) is 1. The summed E-state index contributed by atoms with van der Waals surface area (Å²) in [6, 6.07) is 18.6. The molecule has 0 saturated carbocycles. The first-order chi connectivity index (χ1) is 10.3. The minimum Gasteiger partial charge on any atom is -0.271 e. The Hall–Kier alpha value is -2.66. The minimum atomic E-state index is -0.358. The van der Waals surface area contributed by atoms with E-state index in [1.807, 2.05) is 18.2 Å². The Morgan fingerprint density at radius 2 is 1.71 bits per heavy atom. The molecule has 102 valence electrons. The topological polar surface area (TPSA) is 29.4 Å². The third-order valence-corrected chi connectivity index (χ3v) is 3.68. The Labute approximate surface area is 124 Å². The van der Waals surface area contributed by atoms with Crippen LogP contribution in [0.1, 0.15) is 12.0 Å². The van der Waals surface area contributed by atoms with Gasteiger partial charge in [-0.2, -0.15) is 0 Å². The maximum absolute atomic E-state index is 11.5. The first kappa shape index (κ1) is 13.3. The predicted octanol–water partition coefficient (Wildman–Crippen LogP) is 3.52. The zero-order chi connectivity index (χ0) is 14.7. The molecule has 1 heterocycles. The van der Waals surface area contributed by atoms with Gasteiger partial charge in [-0.15, -0.1) is 6.42 Å². The monoisotopic (exact) mass is 273 g/mol. The van der Waals surface area contributed by atoms with Crippen LogP contribution in [0.5, 0.6) is 0 Å². The molecule has 0 N–H and O–H groups in total. The van der Waals surface area contributed by atoms with Crippen LogP contribution in [0.2, 0.25) is 0 Å². The first-order valence-electron chi connectivity index (χ1n) is 6.97. The molecule has 3 rings (SSSR count). The van der Waals surface area contributed by atoms with Crippen molar-refractivity contribution in [2.24, 2.45) is 10.9 Å². The second kappa shape index (κ2) is 5.76. The molecule has 0 spiro atoms. The number of hydrogen-bond donors (Lipinski definition) is 0. The molecular formula is C19H15NO. The molecule has 2 heteroatoms. The van der Waals surface area contributed by atoms with Crippen LogP contribution in [0, 0.1) is 18.3 Å². The maximum atomic E-state index is 11.5. The lowest BCUT2D eigenvalue weighted by Crippen LogP contribution is -2.05. The summed E-state index contributed by atoms with van der Waals surface area (Å²) < 4.78 is 0. The highest BCUT2D eigenvalue weighted by Gasteiger charge is 2.25. The molecule has 2 aromatic carbocycles. The number of carbonyl (C=O) groups excluding carboxylic acids is 1. The van der Waals surface area contributed by atoms with Crippen LogP contribution < -0.4 is 0 Å². The second-order valence-electron chi connectivity index (χ2n) is 5.18. The van der Waals surface area contributed by atoms with Crippen molar-refractivity contribution in [3.05, 3.63) is 60.2 Å². The van der Waals surface area contributed by atoms with Crippen LogP contribution in [-0.4, -0.2) is 11.6 Å². The average Bonchev–Trinajstić information content (AvgIpc) is 2.88. The van der Waals surface area contributed by atoms with Crippen molar-refractivity contribution in [1.29, 1.82) is 0 Å². The first-order valence-corrected chi connectivity index (χ1v) is 6.97. The van der Waals surface area contributed by atoms with Gasteiger partial charge in [-0.1, -0.05) is 60.5 Å². The Balaban J connectivity index is 1.73. The lowest BCUT2D eigenvalue weighted by atomic mass is 9.99. The molecule has 1 atom stereocenters. The van der Waals surface area contributed by atoms with E-state index in [1.165, 1.54) is 11.1 Å². The van der Waals surface area contributed by atoms with E-state index in [0.29, 0.717) is 12.8 Å². The van der Waals surface area contributed by atoms with E-state index in [4.69, 9.17) is 6.42 Å². The molecule has 0 aliphatic carbocycles. The Morgan fingerprint density at radius 3 is 2.33 bits per heavy atom. The Kier molecular flexibility index (Phi) is 3.66. The van der Waals surface area contributed by atoms with E-state index >= 15 is 0 Å². The summed E-state index contributed by atoms with van der Waals surface area (Å²) in [5.74, 6) is 1.97. The highest BCUT2D eigenvalue weighted by atomic mass is 16.1. The number of rotatable bonds is 3.